The molecule has 1 aliphatic carbocycles. The van der Waals surface area contributed by atoms with Crippen molar-refractivity contribution in [3.63, 3.8) is 0 Å². The summed E-state index contributed by atoms with van der Waals surface area (Å²) in [6.07, 6.45) is 12.0. The summed E-state index contributed by atoms with van der Waals surface area (Å²) < 4.78 is 2.19. The lowest BCUT2D eigenvalue weighted by atomic mass is 9.92. The summed E-state index contributed by atoms with van der Waals surface area (Å²) in [5.74, 6) is 0.925. The number of hydrogen-bond donors (Lipinski definition) is 1. The quantitative estimate of drug-likeness (QED) is 0.647. The van der Waals surface area contributed by atoms with Gasteiger partial charge in [0.25, 0.3) is 0 Å². The molecule has 0 bridgehead atoms. The molecular formula is C23H25N5S. The highest BCUT2D eigenvalue weighted by atomic mass is 32.1. The molecule has 5 nitrogen and oxygen atoms in total. The van der Waals surface area contributed by atoms with Crippen molar-refractivity contribution in [2.24, 2.45) is 0 Å². The maximum atomic E-state index is 5.87. The molecule has 5 rings (SSSR count). The van der Waals surface area contributed by atoms with E-state index in [1.807, 2.05) is 42.7 Å². The predicted octanol–water partition coefficient (Wildman–Crippen LogP) is 4.57. The lowest BCUT2D eigenvalue weighted by Gasteiger charge is -2.37. The van der Waals surface area contributed by atoms with Gasteiger partial charge in [-0.1, -0.05) is 31.4 Å². The van der Waals surface area contributed by atoms with Gasteiger partial charge in [0.05, 0.1) is 17.8 Å². The Morgan fingerprint density at radius 2 is 1.69 bits per heavy atom. The zero-order valence-corrected chi connectivity index (χ0v) is 17.1. The number of nitrogens with one attached hydrogen (secondary N) is 1. The monoisotopic (exact) mass is 403 g/mol. The molecule has 1 N–H and O–H groups in total. The third kappa shape index (κ3) is 3.42. The van der Waals surface area contributed by atoms with E-state index in [-0.39, 0.29) is 12.1 Å². The second-order valence-corrected chi connectivity index (χ2v) is 8.20. The van der Waals surface area contributed by atoms with Gasteiger partial charge in [-0.15, -0.1) is 0 Å². The lowest BCUT2D eigenvalue weighted by molar-refractivity contribution is 0.193. The molecule has 0 spiro atoms. The van der Waals surface area contributed by atoms with E-state index in [4.69, 9.17) is 12.2 Å². The standard InChI is InChI=1S/C23H25N5S/c29-23-26-21(18-11-4-6-14-24-18)22(28(23)17-9-2-1-3-10-17)19-12-8-16-27(19)20-13-5-7-15-25-20/h4-8,11-17,21-22H,1-3,9-10H2,(H,26,29). The summed E-state index contributed by atoms with van der Waals surface area (Å²) in [6, 6.07) is 17.0. The molecule has 0 amide bonds. The molecule has 2 atom stereocenters. The van der Waals surface area contributed by atoms with Gasteiger partial charge in [-0.2, -0.15) is 0 Å². The van der Waals surface area contributed by atoms with Gasteiger partial charge in [0.2, 0.25) is 0 Å². The van der Waals surface area contributed by atoms with Crippen LogP contribution in [0.5, 0.6) is 0 Å². The van der Waals surface area contributed by atoms with E-state index < -0.39 is 0 Å². The summed E-state index contributed by atoms with van der Waals surface area (Å²) in [7, 11) is 0. The smallest absolute Gasteiger partial charge is 0.170 e. The normalized spacial score (nSPS) is 22.6. The molecule has 4 heterocycles. The number of pyridine rings is 2. The van der Waals surface area contributed by atoms with E-state index in [0.717, 1.165) is 16.6 Å². The molecule has 2 aliphatic rings. The minimum absolute atomic E-state index is 0.0167. The van der Waals surface area contributed by atoms with Gasteiger partial charge in [0.1, 0.15) is 5.82 Å². The molecule has 29 heavy (non-hydrogen) atoms. The fraction of sp³-hybridized carbons (Fsp3) is 0.348. The van der Waals surface area contributed by atoms with Crippen LogP contribution in [0, 0.1) is 0 Å². The van der Waals surface area contributed by atoms with Crippen molar-refractivity contribution in [1.29, 1.82) is 0 Å². The van der Waals surface area contributed by atoms with Crippen LogP contribution in [-0.2, 0) is 0 Å². The summed E-state index contributed by atoms with van der Waals surface area (Å²) in [5, 5.41) is 4.43. The van der Waals surface area contributed by atoms with Crippen LogP contribution in [0.15, 0.2) is 67.1 Å². The van der Waals surface area contributed by atoms with E-state index in [2.05, 4.69) is 49.1 Å². The van der Waals surface area contributed by atoms with Gasteiger partial charge in [0, 0.05) is 30.3 Å². The maximum Gasteiger partial charge on any atom is 0.170 e. The number of aromatic nitrogens is 3. The molecule has 0 aromatic carbocycles. The molecule has 1 saturated carbocycles. The number of hydrogen-bond acceptors (Lipinski definition) is 3. The number of rotatable bonds is 4. The van der Waals surface area contributed by atoms with Crippen LogP contribution in [0.4, 0.5) is 0 Å². The second kappa shape index (κ2) is 7.95. The van der Waals surface area contributed by atoms with E-state index >= 15 is 0 Å². The van der Waals surface area contributed by atoms with E-state index in [1.54, 1.807) is 0 Å². The summed E-state index contributed by atoms with van der Waals surface area (Å²) >= 11 is 5.87. The first-order valence-corrected chi connectivity index (χ1v) is 10.8. The molecule has 1 aliphatic heterocycles. The molecule has 6 heteroatoms. The summed E-state index contributed by atoms with van der Waals surface area (Å²) in [6.45, 7) is 0. The Balaban J connectivity index is 1.61. The Bertz CT molecular complexity index is 965. The van der Waals surface area contributed by atoms with E-state index in [1.165, 1.54) is 37.8 Å². The fourth-order valence-corrected chi connectivity index (χ4v) is 5.16. The molecular weight excluding hydrogens is 378 g/mol. The minimum atomic E-state index is 0.0167. The van der Waals surface area contributed by atoms with Crippen molar-refractivity contribution in [1.82, 2.24) is 24.8 Å². The van der Waals surface area contributed by atoms with Crippen LogP contribution in [0.25, 0.3) is 5.82 Å². The van der Waals surface area contributed by atoms with Crippen LogP contribution in [0.1, 0.15) is 55.6 Å². The van der Waals surface area contributed by atoms with Crippen molar-refractivity contribution in [2.45, 2.75) is 50.2 Å². The van der Waals surface area contributed by atoms with Gasteiger partial charge in [-0.05, 0) is 61.5 Å². The van der Waals surface area contributed by atoms with Crippen molar-refractivity contribution < 1.29 is 0 Å². The van der Waals surface area contributed by atoms with Gasteiger partial charge in [-0.3, -0.25) is 4.98 Å². The fourth-order valence-electron chi connectivity index (χ4n) is 4.77. The largest absolute Gasteiger partial charge is 0.352 e. The van der Waals surface area contributed by atoms with Crippen LogP contribution in [0.3, 0.4) is 0 Å². The van der Waals surface area contributed by atoms with Crippen LogP contribution < -0.4 is 5.32 Å². The van der Waals surface area contributed by atoms with Crippen molar-refractivity contribution in [2.75, 3.05) is 0 Å². The van der Waals surface area contributed by atoms with Crippen molar-refractivity contribution in [3.05, 3.63) is 78.5 Å². The van der Waals surface area contributed by atoms with E-state index in [9.17, 15) is 0 Å². The summed E-state index contributed by atoms with van der Waals surface area (Å²) in [5.41, 5.74) is 2.21. The molecule has 3 aromatic heterocycles. The third-order valence-electron chi connectivity index (χ3n) is 6.08. The average molecular weight is 404 g/mol. The molecule has 2 unspecified atom stereocenters. The highest BCUT2D eigenvalue weighted by Gasteiger charge is 2.44. The molecule has 2 fully saturated rings. The van der Waals surface area contributed by atoms with Gasteiger partial charge in [-0.25, -0.2) is 4.98 Å². The number of thiocarbonyl (C=S) groups is 1. The van der Waals surface area contributed by atoms with E-state index in [0.29, 0.717) is 6.04 Å². The summed E-state index contributed by atoms with van der Waals surface area (Å²) in [4.78, 5) is 11.7. The molecule has 148 valence electrons. The first-order chi connectivity index (χ1) is 14.3. The Hall–Kier alpha value is -2.73. The van der Waals surface area contributed by atoms with Crippen molar-refractivity contribution >= 4 is 17.3 Å². The zero-order chi connectivity index (χ0) is 19.6. The first-order valence-electron chi connectivity index (χ1n) is 10.4. The first kappa shape index (κ1) is 18.3. The molecule has 1 saturated heterocycles. The molecule has 3 aromatic rings. The van der Waals surface area contributed by atoms with Crippen LogP contribution >= 0.6 is 12.2 Å². The Labute approximate surface area is 176 Å². The maximum absolute atomic E-state index is 5.87. The third-order valence-corrected chi connectivity index (χ3v) is 6.41. The number of nitrogens with zero attached hydrogens (tertiary/aromatic N) is 4. The highest BCUT2D eigenvalue weighted by molar-refractivity contribution is 7.80. The Kier molecular flexibility index (Phi) is 5.02. The van der Waals surface area contributed by atoms with Crippen LogP contribution in [-0.4, -0.2) is 30.6 Å². The van der Waals surface area contributed by atoms with Crippen molar-refractivity contribution in [3.8, 4) is 5.82 Å². The Morgan fingerprint density at radius 1 is 0.897 bits per heavy atom. The molecule has 0 radical (unpaired) electrons. The zero-order valence-electron chi connectivity index (χ0n) is 16.3. The highest BCUT2D eigenvalue weighted by Crippen LogP contribution is 2.42. The average Bonchev–Trinajstić information content (AvgIpc) is 3.40. The predicted molar refractivity (Wildman–Crippen MR) is 118 cm³/mol. The topological polar surface area (TPSA) is 46.0 Å². The van der Waals surface area contributed by atoms with Gasteiger partial charge >= 0.3 is 0 Å². The van der Waals surface area contributed by atoms with Crippen LogP contribution in [0.2, 0.25) is 0 Å². The Morgan fingerprint density at radius 3 is 2.41 bits per heavy atom. The SMILES string of the molecule is S=C1NC(c2ccccn2)C(c2cccn2-c2ccccn2)N1C1CCCCC1. The minimum Gasteiger partial charge on any atom is -0.352 e. The second-order valence-electron chi connectivity index (χ2n) is 7.82. The van der Waals surface area contributed by atoms with Gasteiger partial charge in [0.15, 0.2) is 5.11 Å². The van der Waals surface area contributed by atoms with Gasteiger partial charge < -0.3 is 14.8 Å². The lowest BCUT2D eigenvalue weighted by Crippen LogP contribution is -2.40.